The molecule has 2 fully saturated rings. The molecule has 9 heteroatoms. The van der Waals surface area contributed by atoms with Crippen LogP contribution in [0.2, 0.25) is 0 Å². The number of fused-ring (bicyclic) bond motifs is 1. The lowest BCUT2D eigenvalue weighted by molar-refractivity contribution is -0.147. The Morgan fingerprint density at radius 1 is 0.971 bits per heavy atom. The molecule has 0 N–H and O–H groups in total. The maximum atomic E-state index is 13.2. The Kier molecular flexibility index (Phi) is 6.23. The summed E-state index contributed by atoms with van der Waals surface area (Å²) in [6.07, 6.45) is -0.528. The molecule has 0 aliphatic carbocycles. The van der Waals surface area contributed by atoms with Crippen molar-refractivity contribution in [3.8, 4) is 17.2 Å². The first kappa shape index (κ1) is 23.0. The number of hydrogen-bond donors (Lipinski definition) is 0. The molecule has 0 aromatic heterocycles. The molecule has 2 atom stereocenters. The van der Waals surface area contributed by atoms with Crippen molar-refractivity contribution >= 4 is 23.4 Å². The van der Waals surface area contributed by atoms with Crippen molar-refractivity contribution in [1.29, 1.82) is 0 Å². The molecule has 0 saturated carbocycles. The Morgan fingerprint density at radius 3 is 2.37 bits per heavy atom. The molecule has 3 aliphatic rings. The number of piperazine rings is 1. The van der Waals surface area contributed by atoms with E-state index >= 15 is 0 Å². The van der Waals surface area contributed by atoms with Crippen molar-refractivity contribution in [2.24, 2.45) is 5.92 Å². The summed E-state index contributed by atoms with van der Waals surface area (Å²) < 4.78 is 16.9. The molecule has 3 heterocycles. The van der Waals surface area contributed by atoms with E-state index in [1.165, 1.54) is 0 Å². The third-order valence-corrected chi connectivity index (χ3v) is 6.79. The number of rotatable bonds is 4. The molecular formula is C26H29N3O6. The number of methoxy groups -OCH3 is 1. The van der Waals surface area contributed by atoms with Crippen molar-refractivity contribution in [2.75, 3.05) is 51.3 Å². The molecule has 9 nitrogen and oxygen atoms in total. The highest BCUT2D eigenvalue weighted by Crippen LogP contribution is 2.35. The van der Waals surface area contributed by atoms with Crippen molar-refractivity contribution in [1.82, 2.24) is 9.80 Å². The highest BCUT2D eigenvalue weighted by atomic mass is 16.6. The van der Waals surface area contributed by atoms with Gasteiger partial charge in [-0.1, -0.05) is 18.2 Å². The lowest BCUT2D eigenvalue weighted by Crippen LogP contribution is -2.56. The van der Waals surface area contributed by atoms with E-state index in [-0.39, 0.29) is 30.7 Å². The fourth-order valence-electron chi connectivity index (χ4n) is 4.87. The van der Waals surface area contributed by atoms with E-state index < -0.39 is 12.0 Å². The second-order valence-electron chi connectivity index (χ2n) is 9.10. The van der Waals surface area contributed by atoms with Crippen molar-refractivity contribution in [2.45, 2.75) is 19.4 Å². The van der Waals surface area contributed by atoms with Gasteiger partial charge >= 0.3 is 0 Å². The highest BCUT2D eigenvalue weighted by Gasteiger charge is 2.40. The van der Waals surface area contributed by atoms with E-state index in [9.17, 15) is 14.4 Å². The van der Waals surface area contributed by atoms with Gasteiger partial charge < -0.3 is 28.9 Å². The molecule has 2 saturated heterocycles. The normalized spacial score (nSPS) is 21.8. The SMILES string of the molecule is COc1ccc(C)cc1N1C[C@H](C(=O)N2CCN(C(=O)[C@@H]3COc4ccccc4O3)CC2)CC1=O. The molecule has 5 rings (SSSR count). The van der Waals surface area contributed by atoms with Crippen LogP contribution in [0.1, 0.15) is 12.0 Å². The number of nitrogens with zero attached hydrogens (tertiary/aromatic N) is 3. The van der Waals surface area contributed by atoms with Gasteiger partial charge in [0.05, 0.1) is 18.7 Å². The minimum absolute atomic E-state index is 0.0502. The Morgan fingerprint density at radius 2 is 1.66 bits per heavy atom. The lowest BCUT2D eigenvalue weighted by Gasteiger charge is -2.38. The molecule has 0 spiro atoms. The summed E-state index contributed by atoms with van der Waals surface area (Å²) >= 11 is 0. The second kappa shape index (κ2) is 9.48. The zero-order chi connectivity index (χ0) is 24.5. The topological polar surface area (TPSA) is 88.6 Å². The standard InChI is InChI=1S/C26H29N3O6/c1-17-7-8-20(33-2)19(13-17)29-15-18(14-24(29)30)25(31)27-9-11-28(12-10-27)26(32)23-16-34-21-5-3-4-6-22(21)35-23/h3-8,13,18,23H,9-12,14-16H2,1-2H3/t18-,23+/m1/s1. The number of carbonyl (C=O) groups is 3. The average molecular weight is 480 g/mol. The van der Waals surface area contributed by atoms with E-state index in [0.29, 0.717) is 55.7 Å². The first-order valence-corrected chi connectivity index (χ1v) is 11.9. The van der Waals surface area contributed by atoms with Crippen LogP contribution in [0.5, 0.6) is 17.2 Å². The molecule has 35 heavy (non-hydrogen) atoms. The first-order chi connectivity index (χ1) is 16.9. The molecular weight excluding hydrogens is 450 g/mol. The van der Waals surface area contributed by atoms with Crippen LogP contribution >= 0.6 is 0 Å². The fraction of sp³-hybridized carbons (Fsp3) is 0.423. The average Bonchev–Trinajstić information content (AvgIpc) is 3.29. The molecule has 184 valence electrons. The van der Waals surface area contributed by atoms with Gasteiger partial charge in [-0.15, -0.1) is 0 Å². The van der Waals surface area contributed by atoms with Crippen LogP contribution in [0.15, 0.2) is 42.5 Å². The molecule has 2 aromatic carbocycles. The van der Waals surface area contributed by atoms with Crippen LogP contribution in [0.25, 0.3) is 0 Å². The first-order valence-electron chi connectivity index (χ1n) is 11.9. The van der Waals surface area contributed by atoms with Gasteiger partial charge in [0.1, 0.15) is 12.4 Å². The summed E-state index contributed by atoms with van der Waals surface area (Å²) in [4.78, 5) is 44.1. The lowest BCUT2D eigenvalue weighted by atomic mass is 10.1. The van der Waals surface area contributed by atoms with Crippen molar-refractivity contribution in [3.63, 3.8) is 0 Å². The van der Waals surface area contributed by atoms with Gasteiger partial charge in [-0.2, -0.15) is 0 Å². The minimum Gasteiger partial charge on any atom is -0.495 e. The van der Waals surface area contributed by atoms with Gasteiger partial charge in [0.25, 0.3) is 5.91 Å². The van der Waals surface area contributed by atoms with Gasteiger partial charge in [-0.3, -0.25) is 14.4 Å². The number of anilines is 1. The van der Waals surface area contributed by atoms with Crippen LogP contribution in [0.4, 0.5) is 5.69 Å². The number of aryl methyl sites for hydroxylation is 1. The summed E-state index contributed by atoms with van der Waals surface area (Å²) in [7, 11) is 1.57. The number of hydrogen-bond acceptors (Lipinski definition) is 6. The van der Waals surface area contributed by atoms with Gasteiger partial charge in [0.2, 0.25) is 17.9 Å². The Hall–Kier alpha value is -3.75. The third kappa shape index (κ3) is 4.50. The summed E-state index contributed by atoms with van der Waals surface area (Å²) in [6.45, 7) is 4.13. The van der Waals surface area contributed by atoms with E-state index in [1.54, 1.807) is 27.9 Å². The number of para-hydroxylation sites is 2. The van der Waals surface area contributed by atoms with Gasteiger partial charge in [0.15, 0.2) is 11.5 Å². The van der Waals surface area contributed by atoms with Crippen LogP contribution in [0.3, 0.4) is 0 Å². The van der Waals surface area contributed by atoms with Gasteiger partial charge in [-0.25, -0.2) is 0 Å². The minimum atomic E-state index is -0.697. The highest BCUT2D eigenvalue weighted by molar-refractivity contribution is 6.01. The van der Waals surface area contributed by atoms with E-state index in [2.05, 4.69) is 0 Å². The Balaban J connectivity index is 1.17. The largest absolute Gasteiger partial charge is 0.495 e. The predicted octanol–water partition coefficient (Wildman–Crippen LogP) is 1.87. The molecule has 3 amide bonds. The molecule has 0 bridgehead atoms. The fourth-order valence-corrected chi connectivity index (χ4v) is 4.87. The Bertz CT molecular complexity index is 1140. The summed E-state index contributed by atoms with van der Waals surface area (Å²) in [6, 6.07) is 13.0. The summed E-state index contributed by atoms with van der Waals surface area (Å²) in [5.74, 6) is 1.12. The number of carbonyl (C=O) groups excluding carboxylic acids is 3. The quantitative estimate of drug-likeness (QED) is 0.665. The van der Waals surface area contributed by atoms with E-state index in [0.717, 1.165) is 5.56 Å². The van der Waals surface area contributed by atoms with Crippen molar-refractivity contribution in [3.05, 3.63) is 48.0 Å². The second-order valence-corrected chi connectivity index (χ2v) is 9.10. The summed E-state index contributed by atoms with van der Waals surface area (Å²) in [5, 5.41) is 0. The Labute approximate surface area is 204 Å². The van der Waals surface area contributed by atoms with Crippen molar-refractivity contribution < 1.29 is 28.6 Å². The van der Waals surface area contributed by atoms with E-state index in [1.807, 2.05) is 43.3 Å². The number of ether oxygens (including phenoxy) is 3. The van der Waals surface area contributed by atoms with Crippen LogP contribution in [-0.2, 0) is 14.4 Å². The maximum Gasteiger partial charge on any atom is 0.267 e. The monoisotopic (exact) mass is 479 g/mol. The smallest absolute Gasteiger partial charge is 0.267 e. The molecule has 0 unspecified atom stereocenters. The van der Waals surface area contributed by atoms with Gasteiger partial charge in [-0.05, 0) is 36.8 Å². The van der Waals surface area contributed by atoms with Crippen LogP contribution < -0.4 is 19.1 Å². The summed E-state index contributed by atoms with van der Waals surface area (Å²) in [5.41, 5.74) is 1.71. The number of benzene rings is 2. The van der Waals surface area contributed by atoms with Crippen LogP contribution in [-0.4, -0.2) is 80.1 Å². The molecule has 3 aliphatic heterocycles. The maximum absolute atomic E-state index is 13.2. The molecule has 2 aromatic rings. The zero-order valence-electron chi connectivity index (χ0n) is 19.9. The van der Waals surface area contributed by atoms with E-state index in [4.69, 9.17) is 14.2 Å². The third-order valence-electron chi connectivity index (χ3n) is 6.79. The number of amides is 3. The molecule has 0 radical (unpaired) electrons. The zero-order valence-corrected chi connectivity index (χ0v) is 19.9. The van der Waals surface area contributed by atoms with Crippen LogP contribution in [0, 0.1) is 12.8 Å². The van der Waals surface area contributed by atoms with Gasteiger partial charge in [0, 0.05) is 39.1 Å². The predicted molar refractivity (Wildman–Crippen MR) is 128 cm³/mol.